The van der Waals surface area contributed by atoms with Crippen molar-refractivity contribution in [2.45, 2.75) is 19.3 Å². The monoisotopic (exact) mass is 359 g/mol. The summed E-state index contributed by atoms with van der Waals surface area (Å²) < 4.78 is 5.58. The highest BCUT2D eigenvalue weighted by atomic mass is 32.1. The standard InChI is InChI=1S/C18H21N3O3S/c22-16(8-11-24-15-6-2-1-3-7-15)21-10-4-5-14(13-21)17(23)20-18-19-9-12-25-18/h1-3,6-7,9,12,14H,4-5,8,10-11,13H2,(H,19,20,23)/t14-/m1/s1. The summed E-state index contributed by atoms with van der Waals surface area (Å²) in [5.41, 5.74) is 0. The molecule has 25 heavy (non-hydrogen) atoms. The Kier molecular flexibility index (Phi) is 6.00. The first-order valence-electron chi connectivity index (χ1n) is 8.38. The van der Waals surface area contributed by atoms with Crippen LogP contribution in [0.2, 0.25) is 0 Å². The fourth-order valence-corrected chi connectivity index (χ4v) is 3.37. The van der Waals surface area contributed by atoms with Crippen LogP contribution in [-0.4, -0.2) is 41.4 Å². The molecule has 0 radical (unpaired) electrons. The van der Waals surface area contributed by atoms with Crippen molar-refractivity contribution < 1.29 is 14.3 Å². The van der Waals surface area contributed by atoms with Gasteiger partial charge in [0.25, 0.3) is 0 Å². The van der Waals surface area contributed by atoms with Gasteiger partial charge in [0, 0.05) is 24.7 Å². The molecule has 2 aromatic rings. The molecule has 6 nitrogen and oxygen atoms in total. The Labute approximate surface area is 150 Å². The Balaban J connectivity index is 1.45. The number of amides is 2. The van der Waals surface area contributed by atoms with Crippen LogP contribution in [0, 0.1) is 5.92 Å². The molecule has 0 saturated carbocycles. The number of thiazole rings is 1. The summed E-state index contributed by atoms with van der Waals surface area (Å²) in [6.45, 7) is 1.50. The number of hydrogen-bond donors (Lipinski definition) is 1. The van der Waals surface area contributed by atoms with Gasteiger partial charge in [-0.05, 0) is 25.0 Å². The largest absolute Gasteiger partial charge is 0.493 e. The van der Waals surface area contributed by atoms with E-state index in [4.69, 9.17) is 4.74 Å². The Morgan fingerprint density at radius 3 is 2.92 bits per heavy atom. The number of para-hydroxylation sites is 1. The van der Waals surface area contributed by atoms with Crippen LogP contribution < -0.4 is 10.1 Å². The molecule has 0 bridgehead atoms. The van der Waals surface area contributed by atoms with Crippen LogP contribution in [0.3, 0.4) is 0 Å². The van der Waals surface area contributed by atoms with Crippen LogP contribution >= 0.6 is 11.3 Å². The second kappa shape index (κ2) is 8.62. The molecule has 1 fully saturated rings. The van der Waals surface area contributed by atoms with Crippen LogP contribution in [-0.2, 0) is 9.59 Å². The van der Waals surface area contributed by atoms with E-state index in [1.54, 1.807) is 11.1 Å². The predicted octanol–water partition coefficient (Wildman–Crippen LogP) is 2.79. The molecule has 7 heteroatoms. The first-order valence-corrected chi connectivity index (χ1v) is 9.26. The third-order valence-electron chi connectivity index (χ3n) is 4.14. The maximum atomic E-state index is 12.4. The fourth-order valence-electron chi connectivity index (χ4n) is 2.84. The number of carbonyl (C=O) groups is 2. The summed E-state index contributed by atoms with van der Waals surface area (Å²) in [7, 11) is 0. The van der Waals surface area contributed by atoms with E-state index in [1.807, 2.05) is 35.7 Å². The lowest BCUT2D eigenvalue weighted by molar-refractivity contribution is -0.135. The molecule has 0 unspecified atom stereocenters. The summed E-state index contributed by atoms with van der Waals surface area (Å²) in [6.07, 6.45) is 3.60. The average Bonchev–Trinajstić information content (AvgIpc) is 3.15. The fraction of sp³-hybridized carbons (Fsp3) is 0.389. The predicted molar refractivity (Wildman–Crippen MR) is 96.6 cm³/mol. The molecular weight excluding hydrogens is 338 g/mol. The number of ether oxygens (including phenoxy) is 1. The van der Waals surface area contributed by atoms with E-state index < -0.39 is 0 Å². The van der Waals surface area contributed by atoms with E-state index in [2.05, 4.69) is 10.3 Å². The number of hydrogen-bond acceptors (Lipinski definition) is 5. The van der Waals surface area contributed by atoms with Gasteiger partial charge < -0.3 is 15.0 Å². The minimum Gasteiger partial charge on any atom is -0.493 e. The van der Waals surface area contributed by atoms with Crippen molar-refractivity contribution >= 4 is 28.3 Å². The molecule has 1 atom stereocenters. The molecule has 1 aromatic carbocycles. The van der Waals surface area contributed by atoms with Gasteiger partial charge in [0.1, 0.15) is 5.75 Å². The number of anilines is 1. The van der Waals surface area contributed by atoms with Gasteiger partial charge in [-0.3, -0.25) is 9.59 Å². The molecule has 2 heterocycles. The van der Waals surface area contributed by atoms with Crippen molar-refractivity contribution in [2.24, 2.45) is 5.92 Å². The van der Waals surface area contributed by atoms with Crippen LogP contribution in [0.5, 0.6) is 5.75 Å². The zero-order chi connectivity index (χ0) is 17.5. The van der Waals surface area contributed by atoms with Gasteiger partial charge in [0.05, 0.1) is 18.9 Å². The second-order valence-corrected chi connectivity index (χ2v) is 6.81. The van der Waals surface area contributed by atoms with Crippen molar-refractivity contribution in [1.82, 2.24) is 9.88 Å². The minimum atomic E-state index is -0.184. The number of piperidine rings is 1. The van der Waals surface area contributed by atoms with Crippen molar-refractivity contribution in [3.8, 4) is 5.75 Å². The van der Waals surface area contributed by atoms with E-state index in [9.17, 15) is 9.59 Å². The van der Waals surface area contributed by atoms with Crippen LogP contribution in [0.1, 0.15) is 19.3 Å². The van der Waals surface area contributed by atoms with Gasteiger partial charge in [0.15, 0.2) is 5.13 Å². The Morgan fingerprint density at radius 2 is 2.16 bits per heavy atom. The maximum Gasteiger partial charge on any atom is 0.231 e. The zero-order valence-electron chi connectivity index (χ0n) is 13.9. The minimum absolute atomic E-state index is 0.0303. The first-order chi connectivity index (χ1) is 12.2. The van der Waals surface area contributed by atoms with Crippen LogP contribution in [0.4, 0.5) is 5.13 Å². The van der Waals surface area contributed by atoms with Crippen molar-refractivity contribution in [1.29, 1.82) is 0 Å². The number of rotatable bonds is 6. The molecular formula is C18H21N3O3S. The van der Waals surface area contributed by atoms with Gasteiger partial charge in [-0.2, -0.15) is 0 Å². The Hall–Kier alpha value is -2.41. The molecule has 2 amide bonds. The first kappa shape index (κ1) is 17.4. The van der Waals surface area contributed by atoms with Gasteiger partial charge in [-0.25, -0.2) is 4.98 Å². The molecule has 1 aliphatic rings. The summed E-state index contributed by atoms with van der Waals surface area (Å²) in [4.78, 5) is 30.5. The lowest BCUT2D eigenvalue weighted by Crippen LogP contribution is -2.44. The second-order valence-electron chi connectivity index (χ2n) is 5.92. The molecule has 1 aliphatic heterocycles. The van der Waals surface area contributed by atoms with E-state index in [-0.39, 0.29) is 17.7 Å². The smallest absolute Gasteiger partial charge is 0.231 e. The average molecular weight is 359 g/mol. The summed E-state index contributed by atoms with van der Waals surface area (Å²) in [6, 6.07) is 9.44. The van der Waals surface area contributed by atoms with Crippen molar-refractivity contribution in [2.75, 3.05) is 25.0 Å². The summed E-state index contributed by atoms with van der Waals surface area (Å²) in [5.74, 6) is 0.543. The van der Waals surface area contributed by atoms with Gasteiger partial charge in [0.2, 0.25) is 11.8 Å². The van der Waals surface area contributed by atoms with E-state index in [0.717, 1.165) is 18.6 Å². The third kappa shape index (κ3) is 5.03. The number of nitrogens with zero attached hydrogens (tertiary/aromatic N) is 2. The molecule has 1 saturated heterocycles. The molecule has 1 N–H and O–H groups in total. The number of nitrogens with one attached hydrogen (secondary N) is 1. The normalized spacial score (nSPS) is 17.1. The van der Waals surface area contributed by atoms with E-state index in [0.29, 0.717) is 31.2 Å². The topological polar surface area (TPSA) is 71.5 Å². The van der Waals surface area contributed by atoms with Crippen molar-refractivity contribution in [3.63, 3.8) is 0 Å². The molecule has 3 rings (SSSR count). The lowest BCUT2D eigenvalue weighted by Gasteiger charge is -2.32. The quantitative estimate of drug-likeness (QED) is 0.861. The number of benzene rings is 1. The highest BCUT2D eigenvalue weighted by Gasteiger charge is 2.28. The highest BCUT2D eigenvalue weighted by molar-refractivity contribution is 7.13. The van der Waals surface area contributed by atoms with Gasteiger partial charge in [-0.15, -0.1) is 11.3 Å². The third-order valence-corrected chi connectivity index (χ3v) is 4.82. The summed E-state index contributed by atoms with van der Waals surface area (Å²) in [5, 5.41) is 5.24. The van der Waals surface area contributed by atoms with E-state index >= 15 is 0 Å². The highest BCUT2D eigenvalue weighted by Crippen LogP contribution is 2.20. The van der Waals surface area contributed by atoms with Crippen LogP contribution in [0.25, 0.3) is 0 Å². The Bertz CT molecular complexity index is 691. The molecule has 0 spiro atoms. The molecule has 132 valence electrons. The van der Waals surface area contributed by atoms with Crippen molar-refractivity contribution in [3.05, 3.63) is 41.9 Å². The molecule has 1 aromatic heterocycles. The maximum absolute atomic E-state index is 12.4. The SMILES string of the molecule is O=C(Nc1nccs1)[C@@H]1CCCN(C(=O)CCOc2ccccc2)C1. The summed E-state index contributed by atoms with van der Waals surface area (Å²) >= 11 is 1.39. The number of likely N-dealkylation sites (tertiary alicyclic amines) is 1. The molecule has 0 aliphatic carbocycles. The zero-order valence-corrected chi connectivity index (χ0v) is 14.7. The van der Waals surface area contributed by atoms with Crippen LogP contribution in [0.15, 0.2) is 41.9 Å². The van der Waals surface area contributed by atoms with Gasteiger partial charge in [-0.1, -0.05) is 18.2 Å². The lowest BCUT2D eigenvalue weighted by atomic mass is 9.97. The number of aromatic nitrogens is 1. The van der Waals surface area contributed by atoms with E-state index in [1.165, 1.54) is 11.3 Å². The van der Waals surface area contributed by atoms with Gasteiger partial charge >= 0.3 is 0 Å². The Morgan fingerprint density at radius 1 is 1.32 bits per heavy atom. The number of carbonyl (C=O) groups excluding carboxylic acids is 2.